The van der Waals surface area contributed by atoms with E-state index in [1.807, 2.05) is 12.1 Å². The third-order valence-electron chi connectivity index (χ3n) is 6.93. The fraction of sp³-hybridized carbons (Fsp3) is 0.517. The molecule has 1 aliphatic heterocycles. The van der Waals surface area contributed by atoms with Crippen molar-refractivity contribution in [3.63, 3.8) is 0 Å². The maximum absolute atomic E-state index is 13.1. The van der Waals surface area contributed by atoms with E-state index in [1.165, 1.54) is 18.6 Å². The molecule has 8 nitrogen and oxygen atoms in total. The van der Waals surface area contributed by atoms with Crippen LogP contribution in [0.3, 0.4) is 0 Å². The van der Waals surface area contributed by atoms with Crippen molar-refractivity contribution in [1.82, 2.24) is 10.0 Å². The molecule has 2 amide bonds. The first kappa shape index (κ1) is 32.2. The van der Waals surface area contributed by atoms with Crippen molar-refractivity contribution in [2.75, 3.05) is 18.0 Å². The number of anilines is 1. The van der Waals surface area contributed by atoms with E-state index in [1.54, 1.807) is 12.1 Å². The molecule has 226 valence electrons. The number of ether oxygens (including phenoxy) is 1. The second-order valence-corrected chi connectivity index (χ2v) is 12.4. The number of nitrogens with one attached hydrogen (secondary N) is 2. The zero-order chi connectivity index (χ0) is 30.3. The molecule has 1 fully saturated rings. The lowest BCUT2D eigenvalue weighted by atomic mass is 9.97. The minimum absolute atomic E-state index is 0.0858. The van der Waals surface area contributed by atoms with Crippen LogP contribution in [0.15, 0.2) is 48.5 Å². The van der Waals surface area contributed by atoms with E-state index in [4.69, 9.17) is 4.74 Å². The molecule has 12 heteroatoms. The van der Waals surface area contributed by atoms with Gasteiger partial charge in [0.25, 0.3) is 5.91 Å². The van der Waals surface area contributed by atoms with Crippen molar-refractivity contribution in [2.24, 2.45) is 0 Å². The van der Waals surface area contributed by atoms with Crippen LogP contribution in [0.25, 0.3) is 0 Å². The number of piperidine rings is 1. The molecule has 0 aromatic heterocycles. The predicted molar refractivity (Wildman–Crippen MR) is 151 cm³/mol. The summed E-state index contributed by atoms with van der Waals surface area (Å²) in [6.07, 6.45) is 6.37. The van der Waals surface area contributed by atoms with Gasteiger partial charge in [-0.1, -0.05) is 50.1 Å². The van der Waals surface area contributed by atoms with Crippen LogP contribution in [0.5, 0.6) is 5.75 Å². The lowest BCUT2D eigenvalue weighted by molar-refractivity contribution is -0.132. The number of carbonyl (C=O) groups is 2. The molecule has 1 aliphatic rings. The Morgan fingerprint density at radius 1 is 1.00 bits per heavy atom. The number of benzene rings is 2. The molecule has 1 heterocycles. The van der Waals surface area contributed by atoms with Crippen LogP contribution < -0.4 is 19.7 Å². The van der Waals surface area contributed by atoms with E-state index in [0.29, 0.717) is 5.56 Å². The van der Waals surface area contributed by atoms with Gasteiger partial charge in [0.2, 0.25) is 5.91 Å². The van der Waals surface area contributed by atoms with Crippen molar-refractivity contribution in [3.05, 3.63) is 59.7 Å². The molecule has 2 N–H and O–H groups in total. The molecule has 2 aromatic rings. The maximum Gasteiger partial charge on any atom is 0.516 e. The van der Waals surface area contributed by atoms with Gasteiger partial charge in [0.05, 0.1) is 12.5 Å². The highest BCUT2D eigenvalue weighted by Gasteiger charge is 2.49. The van der Waals surface area contributed by atoms with Gasteiger partial charge in [-0.3, -0.25) is 9.59 Å². The maximum atomic E-state index is 13.1. The van der Waals surface area contributed by atoms with E-state index in [2.05, 4.69) is 29.3 Å². The third-order valence-corrected chi connectivity index (χ3v) is 7.99. The molecular formula is C29H38F3N3O5S. The quantitative estimate of drug-likeness (QED) is 0.340. The molecule has 0 radical (unpaired) electrons. The molecule has 2 aromatic carbocycles. The number of amides is 2. The van der Waals surface area contributed by atoms with Crippen LogP contribution in [0.4, 0.5) is 18.9 Å². The molecule has 1 atom stereocenters. The number of nitrogens with zero attached hydrogens (tertiary/aromatic N) is 1. The zero-order valence-corrected chi connectivity index (χ0v) is 24.4. The smallest absolute Gasteiger partial charge is 0.478 e. The lowest BCUT2D eigenvalue weighted by Gasteiger charge is -2.33. The summed E-state index contributed by atoms with van der Waals surface area (Å²) in [6.45, 7) is 6.40. The molecule has 0 saturated carbocycles. The molecule has 0 spiro atoms. The molecule has 0 aliphatic carbocycles. The van der Waals surface area contributed by atoms with Crippen LogP contribution >= 0.6 is 0 Å². The van der Waals surface area contributed by atoms with Gasteiger partial charge in [0.15, 0.2) is 5.60 Å². The SMILES string of the molecule is CCCCC(NC(=O)Cc1ccc(OC(C)(C)C(=O)NS(=O)(=O)C(F)(F)F)cc1)c1ccccc1N1CCCCC1. The molecule has 1 unspecified atom stereocenters. The van der Waals surface area contributed by atoms with E-state index in [-0.39, 0.29) is 24.1 Å². The molecule has 0 bridgehead atoms. The van der Waals surface area contributed by atoms with Gasteiger partial charge >= 0.3 is 15.5 Å². The topological polar surface area (TPSA) is 105 Å². The summed E-state index contributed by atoms with van der Waals surface area (Å²) in [4.78, 5) is 27.7. The van der Waals surface area contributed by atoms with Crippen molar-refractivity contribution >= 4 is 27.5 Å². The van der Waals surface area contributed by atoms with Crippen LogP contribution in [-0.4, -0.2) is 44.4 Å². The highest BCUT2D eigenvalue weighted by atomic mass is 32.2. The second kappa shape index (κ2) is 13.6. The van der Waals surface area contributed by atoms with E-state index < -0.39 is 27.0 Å². The van der Waals surface area contributed by atoms with E-state index in [0.717, 1.165) is 75.0 Å². The molecule has 3 rings (SSSR count). The Morgan fingerprint density at radius 3 is 2.24 bits per heavy atom. The van der Waals surface area contributed by atoms with Gasteiger partial charge in [-0.25, -0.2) is 4.72 Å². The number of rotatable bonds is 12. The normalized spacial score (nSPS) is 15.2. The minimum atomic E-state index is -5.86. The summed E-state index contributed by atoms with van der Waals surface area (Å²) in [5, 5.41) is 3.20. The van der Waals surface area contributed by atoms with Crippen LogP contribution in [-0.2, 0) is 26.0 Å². The van der Waals surface area contributed by atoms with Crippen LogP contribution in [0, 0.1) is 0 Å². The summed E-state index contributed by atoms with van der Waals surface area (Å²) in [7, 11) is -5.86. The average Bonchev–Trinajstić information content (AvgIpc) is 2.91. The highest BCUT2D eigenvalue weighted by molar-refractivity contribution is 7.90. The number of halogens is 3. The first-order valence-corrected chi connectivity index (χ1v) is 15.3. The third kappa shape index (κ3) is 8.85. The number of alkyl halides is 3. The Morgan fingerprint density at radius 2 is 1.63 bits per heavy atom. The van der Waals surface area contributed by atoms with Gasteiger partial charge in [0.1, 0.15) is 5.75 Å². The van der Waals surface area contributed by atoms with Gasteiger partial charge in [-0.05, 0) is 68.9 Å². The highest BCUT2D eigenvalue weighted by Crippen LogP contribution is 2.31. The Bertz CT molecular complexity index is 1290. The Balaban J connectivity index is 1.66. The number of para-hydroxylation sites is 1. The summed E-state index contributed by atoms with van der Waals surface area (Å²) >= 11 is 0. The van der Waals surface area contributed by atoms with Gasteiger partial charge in [-0.15, -0.1) is 0 Å². The standard InChI is InChI=1S/C29H38F3N3O5S/c1-4-5-12-24(23-11-7-8-13-25(23)35-18-9-6-10-19-35)33-26(36)20-21-14-16-22(17-15-21)40-28(2,3)27(37)34-41(38,39)29(30,31)32/h7-8,11,13-17,24H,4-6,9-10,12,18-20H2,1-3H3,(H,33,36)(H,34,37). The summed E-state index contributed by atoms with van der Waals surface area (Å²) in [6, 6.07) is 14.2. The first-order valence-electron chi connectivity index (χ1n) is 13.8. The number of unbranched alkanes of at least 4 members (excludes halogenated alkanes) is 1. The number of sulfonamides is 1. The molecular weight excluding hydrogens is 559 g/mol. The van der Waals surface area contributed by atoms with Crippen molar-refractivity contribution < 1.29 is 35.9 Å². The van der Waals surface area contributed by atoms with E-state index in [9.17, 15) is 31.2 Å². The molecule has 41 heavy (non-hydrogen) atoms. The van der Waals surface area contributed by atoms with Gasteiger partial charge in [-0.2, -0.15) is 21.6 Å². The largest absolute Gasteiger partial charge is 0.516 e. The van der Waals surface area contributed by atoms with Gasteiger partial charge < -0.3 is 15.0 Å². The minimum Gasteiger partial charge on any atom is -0.478 e. The summed E-state index contributed by atoms with van der Waals surface area (Å²) in [5.41, 5.74) is -4.63. The number of carbonyl (C=O) groups excluding carboxylic acids is 2. The first-order chi connectivity index (χ1) is 19.2. The Kier molecular flexibility index (Phi) is 10.7. The number of hydrogen-bond donors (Lipinski definition) is 2. The fourth-order valence-electron chi connectivity index (χ4n) is 4.67. The van der Waals surface area contributed by atoms with Crippen LogP contribution in [0.1, 0.15) is 76.5 Å². The Labute approximate surface area is 239 Å². The zero-order valence-electron chi connectivity index (χ0n) is 23.6. The van der Waals surface area contributed by atoms with Crippen molar-refractivity contribution in [2.45, 2.75) is 82.9 Å². The summed E-state index contributed by atoms with van der Waals surface area (Å²) in [5.74, 6) is -1.51. The Hall–Kier alpha value is -3.28. The summed E-state index contributed by atoms with van der Waals surface area (Å²) < 4.78 is 66.9. The van der Waals surface area contributed by atoms with E-state index >= 15 is 0 Å². The van der Waals surface area contributed by atoms with Crippen molar-refractivity contribution in [3.8, 4) is 5.75 Å². The second-order valence-electron chi connectivity index (χ2n) is 10.7. The van der Waals surface area contributed by atoms with Gasteiger partial charge in [0, 0.05) is 18.8 Å². The van der Waals surface area contributed by atoms with Crippen LogP contribution in [0.2, 0.25) is 0 Å². The fourth-order valence-corrected chi connectivity index (χ4v) is 5.27. The molecule has 1 saturated heterocycles. The van der Waals surface area contributed by atoms with Crippen molar-refractivity contribution in [1.29, 1.82) is 0 Å². The number of hydrogen-bond acceptors (Lipinski definition) is 6. The lowest BCUT2D eigenvalue weighted by Crippen LogP contribution is -2.51. The average molecular weight is 598 g/mol. The monoisotopic (exact) mass is 597 g/mol. The predicted octanol–water partition coefficient (Wildman–Crippen LogP) is 5.39.